The molecule has 1 saturated heterocycles. The Morgan fingerprint density at radius 3 is 2.30 bits per heavy atom. The van der Waals surface area contributed by atoms with Gasteiger partial charge in [-0.25, -0.2) is 0 Å². The Kier molecular flexibility index (Phi) is 6.41. The number of amides is 1. The number of piperidine rings is 1. The standard InChI is InChI=1S/C17H24F2N2OS/c1-11-8-12(2)10-21(9-11)13(3)16(22)20-14-4-6-15(7-5-14)23-17(18)19/h4-7,11-13,17H,8-10H2,1-3H3,(H,20,22)/p+1/t11-,12-,13-/m0/s1. The van der Waals surface area contributed by atoms with Gasteiger partial charge in [0.2, 0.25) is 0 Å². The van der Waals surface area contributed by atoms with E-state index in [4.69, 9.17) is 0 Å². The van der Waals surface area contributed by atoms with Crippen molar-refractivity contribution >= 4 is 23.4 Å². The van der Waals surface area contributed by atoms with Crippen molar-refractivity contribution in [3.05, 3.63) is 24.3 Å². The molecule has 128 valence electrons. The van der Waals surface area contributed by atoms with Crippen molar-refractivity contribution in [2.45, 2.75) is 43.9 Å². The normalized spacial score (nSPS) is 26.1. The molecule has 0 saturated carbocycles. The number of anilines is 1. The van der Waals surface area contributed by atoms with E-state index in [9.17, 15) is 13.6 Å². The summed E-state index contributed by atoms with van der Waals surface area (Å²) in [5.41, 5.74) is 0.651. The van der Waals surface area contributed by atoms with E-state index in [0.717, 1.165) is 13.1 Å². The first-order chi connectivity index (χ1) is 10.8. The van der Waals surface area contributed by atoms with Crippen molar-refractivity contribution in [3.8, 4) is 0 Å². The highest BCUT2D eigenvalue weighted by Gasteiger charge is 2.32. The minimum Gasteiger partial charge on any atom is -0.324 e. The Bertz CT molecular complexity index is 514. The van der Waals surface area contributed by atoms with Gasteiger partial charge in [0.15, 0.2) is 6.04 Å². The van der Waals surface area contributed by atoms with E-state index in [1.54, 1.807) is 24.3 Å². The summed E-state index contributed by atoms with van der Waals surface area (Å²) >= 11 is 0.505. The van der Waals surface area contributed by atoms with E-state index in [2.05, 4.69) is 19.2 Å². The average Bonchev–Trinajstić information content (AvgIpc) is 2.47. The number of carbonyl (C=O) groups excluding carboxylic acids is 1. The summed E-state index contributed by atoms with van der Waals surface area (Å²) in [4.78, 5) is 14.2. The molecule has 3 atom stereocenters. The summed E-state index contributed by atoms with van der Waals surface area (Å²) in [6.45, 7) is 8.46. The number of rotatable bonds is 5. The Morgan fingerprint density at radius 1 is 1.22 bits per heavy atom. The maximum atomic E-state index is 12.4. The fraction of sp³-hybridized carbons (Fsp3) is 0.588. The molecule has 1 amide bonds. The van der Waals surface area contributed by atoms with Crippen LogP contribution in [0.2, 0.25) is 0 Å². The number of quaternary nitrogens is 1. The maximum Gasteiger partial charge on any atom is 0.288 e. The Hall–Kier alpha value is -1.14. The van der Waals surface area contributed by atoms with Crippen LogP contribution in [0.25, 0.3) is 0 Å². The van der Waals surface area contributed by atoms with Gasteiger partial charge in [-0.15, -0.1) is 0 Å². The Morgan fingerprint density at radius 2 is 1.78 bits per heavy atom. The molecule has 1 aromatic rings. The molecule has 0 unspecified atom stereocenters. The first-order valence-corrected chi connectivity index (χ1v) is 8.93. The number of hydrogen-bond donors (Lipinski definition) is 2. The van der Waals surface area contributed by atoms with Crippen LogP contribution in [0.3, 0.4) is 0 Å². The van der Waals surface area contributed by atoms with Crippen molar-refractivity contribution in [3.63, 3.8) is 0 Å². The van der Waals surface area contributed by atoms with Crippen molar-refractivity contribution in [2.75, 3.05) is 18.4 Å². The van der Waals surface area contributed by atoms with Crippen LogP contribution in [-0.4, -0.2) is 30.8 Å². The van der Waals surface area contributed by atoms with Crippen LogP contribution in [0.1, 0.15) is 27.2 Å². The average molecular weight is 343 g/mol. The van der Waals surface area contributed by atoms with Gasteiger partial charge < -0.3 is 10.2 Å². The van der Waals surface area contributed by atoms with Crippen molar-refractivity contribution < 1.29 is 18.5 Å². The van der Waals surface area contributed by atoms with Crippen molar-refractivity contribution in [1.29, 1.82) is 0 Å². The third-order valence-corrected chi connectivity index (χ3v) is 5.10. The third kappa shape index (κ3) is 5.46. The predicted octanol–water partition coefficient (Wildman–Crippen LogP) is 2.89. The highest BCUT2D eigenvalue weighted by Crippen LogP contribution is 2.26. The Balaban J connectivity index is 1.92. The fourth-order valence-corrected chi connectivity index (χ4v) is 3.84. The van der Waals surface area contributed by atoms with Crippen LogP contribution < -0.4 is 10.2 Å². The SMILES string of the molecule is C[C@H]1C[C@H](C)C[NH+]([C@@H](C)C(=O)Nc2ccc(SC(F)F)cc2)C1. The second kappa shape index (κ2) is 8.11. The van der Waals surface area contributed by atoms with Crippen LogP contribution in [-0.2, 0) is 4.79 Å². The number of halogens is 2. The molecule has 1 heterocycles. The van der Waals surface area contributed by atoms with Crippen LogP contribution in [0, 0.1) is 11.8 Å². The van der Waals surface area contributed by atoms with Gasteiger partial charge >= 0.3 is 0 Å². The Labute approximate surface area is 140 Å². The summed E-state index contributed by atoms with van der Waals surface area (Å²) in [5, 5.41) is 2.89. The second-order valence-electron chi connectivity index (χ2n) is 6.63. The smallest absolute Gasteiger partial charge is 0.288 e. The molecular formula is C17H25F2N2OS+. The molecule has 0 aromatic heterocycles. The summed E-state index contributed by atoms with van der Waals surface area (Å²) < 4.78 is 24.6. The lowest BCUT2D eigenvalue weighted by Gasteiger charge is -2.35. The number of alkyl halides is 2. The molecule has 0 radical (unpaired) electrons. The summed E-state index contributed by atoms with van der Waals surface area (Å²) in [6, 6.07) is 6.44. The van der Waals surface area contributed by atoms with E-state index >= 15 is 0 Å². The van der Waals surface area contributed by atoms with Crippen molar-refractivity contribution in [2.24, 2.45) is 11.8 Å². The minimum absolute atomic E-state index is 0.0180. The summed E-state index contributed by atoms with van der Waals surface area (Å²) in [5.74, 6) is -1.18. The molecule has 2 N–H and O–H groups in total. The molecule has 2 rings (SSSR count). The largest absolute Gasteiger partial charge is 0.324 e. The van der Waals surface area contributed by atoms with E-state index in [1.807, 2.05) is 6.92 Å². The van der Waals surface area contributed by atoms with Gasteiger partial charge in [-0.3, -0.25) is 4.79 Å². The van der Waals surface area contributed by atoms with Gasteiger partial charge in [-0.05, 0) is 37.6 Å². The number of carbonyl (C=O) groups is 1. The van der Waals surface area contributed by atoms with E-state index < -0.39 is 5.76 Å². The fourth-order valence-electron chi connectivity index (χ4n) is 3.34. The molecule has 1 aliphatic heterocycles. The monoisotopic (exact) mass is 343 g/mol. The van der Waals surface area contributed by atoms with Crippen LogP contribution >= 0.6 is 11.8 Å². The molecule has 23 heavy (non-hydrogen) atoms. The van der Waals surface area contributed by atoms with Gasteiger partial charge in [0.05, 0.1) is 13.1 Å². The lowest BCUT2D eigenvalue weighted by molar-refractivity contribution is -0.925. The lowest BCUT2D eigenvalue weighted by Crippen LogP contribution is -3.18. The first-order valence-electron chi connectivity index (χ1n) is 8.05. The van der Waals surface area contributed by atoms with Gasteiger partial charge in [0.25, 0.3) is 11.7 Å². The zero-order valence-electron chi connectivity index (χ0n) is 13.8. The lowest BCUT2D eigenvalue weighted by atomic mass is 9.91. The van der Waals surface area contributed by atoms with Gasteiger partial charge in [-0.1, -0.05) is 25.6 Å². The van der Waals surface area contributed by atoms with Crippen LogP contribution in [0.4, 0.5) is 14.5 Å². The highest BCUT2D eigenvalue weighted by atomic mass is 32.2. The van der Waals surface area contributed by atoms with Gasteiger partial charge in [-0.2, -0.15) is 8.78 Å². The molecule has 0 bridgehead atoms. The molecular weight excluding hydrogens is 318 g/mol. The topological polar surface area (TPSA) is 33.5 Å². The zero-order chi connectivity index (χ0) is 17.0. The molecule has 0 spiro atoms. The molecule has 0 aliphatic carbocycles. The number of hydrogen-bond acceptors (Lipinski definition) is 2. The quantitative estimate of drug-likeness (QED) is 0.806. The van der Waals surface area contributed by atoms with E-state index in [1.165, 1.54) is 11.3 Å². The minimum atomic E-state index is -2.43. The molecule has 1 aromatic carbocycles. The number of thioether (sulfide) groups is 1. The van der Waals surface area contributed by atoms with Crippen molar-refractivity contribution in [1.82, 2.24) is 0 Å². The van der Waals surface area contributed by atoms with Gasteiger partial charge in [0, 0.05) is 22.4 Å². The molecule has 1 aliphatic rings. The van der Waals surface area contributed by atoms with Crippen LogP contribution in [0.5, 0.6) is 0 Å². The summed E-state index contributed by atoms with van der Waals surface area (Å²) in [7, 11) is 0. The maximum absolute atomic E-state index is 12.4. The third-order valence-electron chi connectivity index (χ3n) is 4.38. The van der Waals surface area contributed by atoms with E-state index in [0.29, 0.717) is 34.2 Å². The second-order valence-corrected chi connectivity index (χ2v) is 7.69. The van der Waals surface area contributed by atoms with E-state index in [-0.39, 0.29) is 11.9 Å². The molecule has 1 fully saturated rings. The number of nitrogens with one attached hydrogen (secondary N) is 2. The highest BCUT2D eigenvalue weighted by molar-refractivity contribution is 7.99. The van der Waals surface area contributed by atoms with Crippen LogP contribution in [0.15, 0.2) is 29.2 Å². The van der Waals surface area contributed by atoms with Gasteiger partial charge in [0.1, 0.15) is 0 Å². The summed E-state index contributed by atoms with van der Waals surface area (Å²) in [6.07, 6.45) is 1.22. The molecule has 3 nitrogen and oxygen atoms in total. The first kappa shape index (κ1) is 18.2. The number of benzene rings is 1. The number of likely N-dealkylation sites (tertiary alicyclic amines) is 1. The zero-order valence-corrected chi connectivity index (χ0v) is 14.6. The predicted molar refractivity (Wildman–Crippen MR) is 90.0 cm³/mol. The molecule has 6 heteroatoms.